The Labute approximate surface area is 124 Å². The molecule has 5 nitrogen and oxygen atoms in total. The molecule has 1 aromatic carbocycles. The van der Waals surface area contributed by atoms with Gasteiger partial charge in [0.15, 0.2) is 0 Å². The lowest BCUT2D eigenvalue weighted by atomic mass is 10.1. The van der Waals surface area contributed by atoms with Crippen molar-refractivity contribution in [3.8, 4) is 5.75 Å². The molecule has 0 saturated carbocycles. The first-order chi connectivity index (χ1) is 9.97. The van der Waals surface area contributed by atoms with E-state index in [0.717, 1.165) is 23.5 Å². The van der Waals surface area contributed by atoms with E-state index in [0.29, 0.717) is 17.0 Å². The number of benzene rings is 1. The minimum Gasteiger partial charge on any atom is -0.495 e. The number of carbonyl (C=O) groups excluding carboxylic acids is 1. The molecule has 1 amide bonds. The summed E-state index contributed by atoms with van der Waals surface area (Å²) in [4.78, 5) is 12.5. The summed E-state index contributed by atoms with van der Waals surface area (Å²) in [5.74, 6) is 0.487. The summed E-state index contributed by atoms with van der Waals surface area (Å²) < 4.78 is 7.12. The van der Waals surface area contributed by atoms with Crippen LogP contribution in [0.15, 0.2) is 18.2 Å². The van der Waals surface area contributed by atoms with Crippen molar-refractivity contribution in [3.05, 3.63) is 40.7 Å². The number of ether oxygens (including phenoxy) is 1. The van der Waals surface area contributed by atoms with E-state index in [-0.39, 0.29) is 5.91 Å². The first kappa shape index (κ1) is 15.1. The second-order valence-electron chi connectivity index (χ2n) is 5.02. The summed E-state index contributed by atoms with van der Waals surface area (Å²) in [6.45, 7) is 8.48. The van der Waals surface area contributed by atoms with Crippen molar-refractivity contribution in [2.24, 2.45) is 0 Å². The van der Waals surface area contributed by atoms with Gasteiger partial charge in [0, 0.05) is 12.2 Å². The number of hydrogen-bond donors (Lipinski definition) is 1. The third-order valence-electron chi connectivity index (χ3n) is 3.51. The Kier molecular flexibility index (Phi) is 4.31. The van der Waals surface area contributed by atoms with Gasteiger partial charge in [-0.05, 0) is 45.4 Å². The second kappa shape index (κ2) is 5.99. The summed E-state index contributed by atoms with van der Waals surface area (Å²) in [6, 6.07) is 5.69. The molecule has 2 rings (SSSR count). The van der Waals surface area contributed by atoms with Crippen molar-refractivity contribution in [3.63, 3.8) is 0 Å². The van der Waals surface area contributed by atoms with Crippen LogP contribution in [0.5, 0.6) is 5.75 Å². The van der Waals surface area contributed by atoms with Gasteiger partial charge in [-0.1, -0.05) is 6.07 Å². The molecule has 0 bridgehead atoms. The highest BCUT2D eigenvalue weighted by molar-refractivity contribution is 6.06. The molecule has 21 heavy (non-hydrogen) atoms. The summed E-state index contributed by atoms with van der Waals surface area (Å²) in [5.41, 5.74) is 3.97. The van der Waals surface area contributed by atoms with Crippen molar-refractivity contribution in [1.29, 1.82) is 0 Å². The van der Waals surface area contributed by atoms with Gasteiger partial charge in [-0.3, -0.25) is 9.48 Å². The molecule has 0 spiro atoms. The molecule has 5 heteroatoms. The maximum Gasteiger partial charge on any atom is 0.259 e. The fourth-order valence-electron chi connectivity index (χ4n) is 2.44. The minimum absolute atomic E-state index is 0.159. The number of methoxy groups -OCH3 is 1. The number of rotatable bonds is 4. The predicted molar refractivity (Wildman–Crippen MR) is 83.1 cm³/mol. The van der Waals surface area contributed by atoms with Gasteiger partial charge in [-0.2, -0.15) is 5.10 Å². The highest BCUT2D eigenvalue weighted by atomic mass is 16.5. The van der Waals surface area contributed by atoms with Crippen LogP contribution in [0.25, 0.3) is 0 Å². The van der Waals surface area contributed by atoms with E-state index in [1.807, 2.05) is 50.6 Å². The molecule has 1 heterocycles. The number of amides is 1. The molecule has 0 radical (unpaired) electrons. The van der Waals surface area contributed by atoms with Gasteiger partial charge in [0.1, 0.15) is 5.75 Å². The van der Waals surface area contributed by atoms with Gasteiger partial charge < -0.3 is 10.1 Å². The van der Waals surface area contributed by atoms with Crippen LogP contribution in [0.2, 0.25) is 0 Å². The summed E-state index contributed by atoms with van der Waals surface area (Å²) in [5, 5.41) is 7.30. The maximum absolute atomic E-state index is 12.5. The highest BCUT2D eigenvalue weighted by Crippen LogP contribution is 2.26. The summed E-state index contributed by atoms with van der Waals surface area (Å²) in [7, 11) is 1.59. The summed E-state index contributed by atoms with van der Waals surface area (Å²) in [6.07, 6.45) is 0. The average molecular weight is 287 g/mol. The fraction of sp³-hybridized carbons (Fsp3) is 0.375. The van der Waals surface area contributed by atoms with Crippen LogP contribution in [0.4, 0.5) is 5.69 Å². The third kappa shape index (κ3) is 2.91. The Morgan fingerprint density at radius 2 is 2.05 bits per heavy atom. The van der Waals surface area contributed by atoms with Gasteiger partial charge in [0.2, 0.25) is 0 Å². The number of nitrogens with zero attached hydrogens (tertiary/aromatic N) is 2. The zero-order chi connectivity index (χ0) is 15.6. The molecule has 2 aromatic rings. The molecular formula is C16H21N3O2. The monoisotopic (exact) mass is 287 g/mol. The zero-order valence-electron chi connectivity index (χ0n) is 13.2. The lowest BCUT2D eigenvalue weighted by Crippen LogP contribution is -2.15. The normalized spacial score (nSPS) is 10.5. The van der Waals surface area contributed by atoms with Gasteiger partial charge in [-0.25, -0.2) is 0 Å². The van der Waals surface area contributed by atoms with Gasteiger partial charge in [0.25, 0.3) is 5.91 Å². The molecule has 112 valence electrons. The van der Waals surface area contributed by atoms with E-state index in [1.54, 1.807) is 7.11 Å². The van der Waals surface area contributed by atoms with Crippen LogP contribution < -0.4 is 10.1 Å². The first-order valence-corrected chi connectivity index (χ1v) is 6.98. The molecule has 0 saturated heterocycles. The molecule has 1 N–H and O–H groups in total. The zero-order valence-corrected chi connectivity index (χ0v) is 13.2. The van der Waals surface area contributed by atoms with Crippen molar-refractivity contribution in [1.82, 2.24) is 9.78 Å². The smallest absolute Gasteiger partial charge is 0.259 e. The van der Waals surface area contributed by atoms with E-state index in [1.165, 1.54) is 0 Å². The number of anilines is 1. The number of carbonyl (C=O) groups is 1. The SMILES string of the molecule is CCn1nc(C)c(C(=O)Nc2cc(C)ccc2OC)c1C. The van der Waals surface area contributed by atoms with Crippen LogP contribution in [0, 0.1) is 20.8 Å². The Morgan fingerprint density at radius 3 is 2.62 bits per heavy atom. The van der Waals surface area contributed by atoms with Crippen molar-refractivity contribution in [2.45, 2.75) is 34.2 Å². The second-order valence-corrected chi connectivity index (χ2v) is 5.02. The van der Waals surface area contributed by atoms with E-state index >= 15 is 0 Å². The largest absolute Gasteiger partial charge is 0.495 e. The number of hydrogen-bond acceptors (Lipinski definition) is 3. The van der Waals surface area contributed by atoms with Crippen LogP contribution in [-0.2, 0) is 6.54 Å². The fourth-order valence-corrected chi connectivity index (χ4v) is 2.44. The molecule has 0 aliphatic carbocycles. The molecule has 0 atom stereocenters. The molecule has 0 unspecified atom stereocenters. The quantitative estimate of drug-likeness (QED) is 0.940. The Balaban J connectivity index is 2.35. The Bertz CT molecular complexity index is 674. The van der Waals surface area contributed by atoms with Crippen molar-refractivity contribution in [2.75, 3.05) is 12.4 Å². The third-order valence-corrected chi connectivity index (χ3v) is 3.51. The molecule has 0 fully saturated rings. The molecule has 1 aromatic heterocycles. The van der Waals surface area contributed by atoms with Crippen LogP contribution in [-0.4, -0.2) is 22.8 Å². The molecule has 0 aliphatic rings. The number of nitrogens with one attached hydrogen (secondary N) is 1. The Hall–Kier alpha value is -2.30. The lowest BCUT2D eigenvalue weighted by Gasteiger charge is -2.11. The van der Waals surface area contributed by atoms with Crippen LogP contribution in [0.3, 0.4) is 0 Å². The van der Waals surface area contributed by atoms with E-state index in [4.69, 9.17) is 4.74 Å². The van der Waals surface area contributed by atoms with E-state index in [2.05, 4.69) is 10.4 Å². The van der Waals surface area contributed by atoms with Crippen molar-refractivity contribution >= 4 is 11.6 Å². The maximum atomic E-state index is 12.5. The molecular weight excluding hydrogens is 266 g/mol. The van der Waals surface area contributed by atoms with Crippen molar-refractivity contribution < 1.29 is 9.53 Å². The average Bonchev–Trinajstić information content (AvgIpc) is 2.73. The van der Waals surface area contributed by atoms with E-state index in [9.17, 15) is 4.79 Å². The van der Waals surface area contributed by atoms with Gasteiger partial charge >= 0.3 is 0 Å². The Morgan fingerprint density at radius 1 is 1.33 bits per heavy atom. The standard InChI is InChI=1S/C16H21N3O2/c1-6-19-12(4)15(11(3)18-19)16(20)17-13-9-10(2)7-8-14(13)21-5/h7-9H,6H2,1-5H3,(H,17,20). The van der Waals surface area contributed by atoms with Crippen LogP contribution >= 0.6 is 0 Å². The predicted octanol–water partition coefficient (Wildman–Crippen LogP) is 3.09. The van der Waals surface area contributed by atoms with E-state index < -0.39 is 0 Å². The van der Waals surface area contributed by atoms with Gasteiger partial charge in [0.05, 0.1) is 24.1 Å². The minimum atomic E-state index is -0.159. The number of aromatic nitrogens is 2. The van der Waals surface area contributed by atoms with Crippen LogP contribution in [0.1, 0.15) is 34.2 Å². The first-order valence-electron chi connectivity index (χ1n) is 6.98. The molecule has 0 aliphatic heterocycles. The highest BCUT2D eigenvalue weighted by Gasteiger charge is 2.19. The van der Waals surface area contributed by atoms with Gasteiger partial charge in [-0.15, -0.1) is 0 Å². The number of aryl methyl sites for hydroxylation is 3. The lowest BCUT2D eigenvalue weighted by molar-refractivity contribution is 0.102. The summed E-state index contributed by atoms with van der Waals surface area (Å²) >= 11 is 0. The topological polar surface area (TPSA) is 56.2 Å².